The van der Waals surface area contributed by atoms with Crippen LogP contribution in [0.5, 0.6) is 0 Å². The molecule has 4 unspecified atom stereocenters. The Balaban J connectivity index is 0.00000261. The van der Waals surface area contributed by atoms with Gasteiger partial charge in [0.25, 0.3) is 0 Å². The monoisotopic (exact) mass is 826 g/mol. The van der Waals surface area contributed by atoms with E-state index in [0.717, 1.165) is 6.42 Å². The van der Waals surface area contributed by atoms with Gasteiger partial charge in [0, 0.05) is 0 Å². The third-order valence-electron chi connectivity index (χ3n) is 13.4. The normalized spacial score (nSPS) is 19.8. The first kappa shape index (κ1) is 41.2. The number of hydrogen-bond donors (Lipinski definition) is 0. The molecule has 276 valence electrons. The zero-order valence-electron chi connectivity index (χ0n) is 32.8. The quantitative estimate of drug-likeness (QED) is 0.140. The van der Waals surface area contributed by atoms with Crippen molar-refractivity contribution in [1.29, 1.82) is 0 Å². The Morgan fingerprint density at radius 2 is 1.08 bits per heavy atom. The fourth-order valence-electron chi connectivity index (χ4n) is 10.3. The smallest absolute Gasteiger partial charge is 0.147 e. The van der Waals surface area contributed by atoms with Crippen LogP contribution in [-0.4, -0.2) is 6.88 Å². The summed E-state index contributed by atoms with van der Waals surface area (Å²) in [5.74, 6) is 1.91. The zero-order chi connectivity index (χ0) is 35.2. The van der Waals surface area contributed by atoms with Crippen LogP contribution in [0.4, 0.5) is 0 Å². The van der Waals surface area contributed by atoms with E-state index in [4.69, 9.17) is 0 Å². The molecule has 4 atom stereocenters. The van der Waals surface area contributed by atoms with Gasteiger partial charge in [-0.3, -0.25) is 0 Å². The maximum Gasteiger partial charge on any atom is -0.147 e. The molecule has 1 saturated carbocycles. The standard InChI is InChI=1S/C25H29.C21H23.2CH3.2ClH.H2Si.Zr/c1-3-18(2)19-12-14-21(15-13-19)24-11-7-10-22-16-23(17-25(22)24)20-8-5-4-6-9-20;1-4-15(3)17-9-11-18(12-10-17)20-8-6-7-19-13-16(5-2)14-21(19)20;;;;;;/h7,10-18,20H,3-6,8-9H2,1-2H3;6-15H,4-5H2,1-3H3;2*1H3;2*1H;1H2;. The van der Waals surface area contributed by atoms with Gasteiger partial charge in [-0.05, 0) is 0 Å². The fourth-order valence-corrected chi connectivity index (χ4v) is 30.1. The second-order valence-electron chi connectivity index (χ2n) is 17.3. The fraction of sp³-hybridized carbons (Fsp3) is 0.417. The van der Waals surface area contributed by atoms with Crippen molar-refractivity contribution in [3.05, 3.63) is 129 Å². The third kappa shape index (κ3) is 7.38. The number of rotatable bonds is 10. The van der Waals surface area contributed by atoms with Crippen LogP contribution in [-0.2, 0) is 17.4 Å². The van der Waals surface area contributed by atoms with Gasteiger partial charge in [0.05, 0.1) is 0 Å². The summed E-state index contributed by atoms with van der Waals surface area (Å²) in [4.78, 5) is 0. The average molecular weight is 829 g/mol. The van der Waals surface area contributed by atoms with Crippen molar-refractivity contribution >= 4 is 43.8 Å². The molecular formula is C48H62Cl2SiZr. The van der Waals surface area contributed by atoms with E-state index in [1.165, 1.54) is 89.5 Å². The Kier molecular flexibility index (Phi) is 13.0. The molecule has 3 aliphatic carbocycles. The molecule has 0 spiro atoms. The van der Waals surface area contributed by atoms with Gasteiger partial charge in [-0.15, -0.1) is 24.8 Å². The summed E-state index contributed by atoms with van der Waals surface area (Å²) in [7, 11) is 0. The molecule has 52 heavy (non-hydrogen) atoms. The van der Waals surface area contributed by atoms with Crippen LogP contribution in [0.1, 0.15) is 138 Å². The van der Waals surface area contributed by atoms with E-state index >= 15 is 0 Å². The minimum absolute atomic E-state index is 0. The second-order valence-corrected chi connectivity index (χ2v) is 47.8. The Bertz CT molecular complexity index is 2010. The topological polar surface area (TPSA) is 0 Å². The summed E-state index contributed by atoms with van der Waals surface area (Å²) in [5, 5.41) is 0. The molecule has 0 amide bonds. The molecule has 0 bridgehead atoms. The van der Waals surface area contributed by atoms with E-state index in [2.05, 4.69) is 148 Å². The number of fused-ring (bicyclic) bond motifs is 2. The molecule has 1 fully saturated rings. The molecule has 0 heterocycles. The van der Waals surface area contributed by atoms with E-state index < -0.39 is 17.4 Å². The predicted molar refractivity (Wildman–Crippen MR) is 234 cm³/mol. The van der Waals surface area contributed by atoms with Crippen molar-refractivity contribution in [2.24, 2.45) is 5.92 Å². The largest absolute Gasteiger partial charge is 0.147 e. The molecule has 0 saturated heterocycles. The zero-order valence-corrected chi connectivity index (χ0v) is 38.3. The van der Waals surface area contributed by atoms with Crippen LogP contribution < -0.4 is 0 Å². The molecule has 0 N–H and O–H groups in total. The van der Waals surface area contributed by atoms with Crippen LogP contribution in [0.25, 0.3) is 34.4 Å². The van der Waals surface area contributed by atoms with Crippen LogP contribution in [0.2, 0.25) is 9.26 Å². The van der Waals surface area contributed by atoms with Gasteiger partial charge in [0.1, 0.15) is 0 Å². The summed E-state index contributed by atoms with van der Waals surface area (Å²) in [6.45, 7) is 14.2. The van der Waals surface area contributed by atoms with Crippen molar-refractivity contribution in [3.8, 4) is 22.3 Å². The maximum atomic E-state index is 2.85. The van der Waals surface area contributed by atoms with Gasteiger partial charge in [0.2, 0.25) is 0 Å². The predicted octanol–water partition coefficient (Wildman–Crippen LogP) is 14.8. The second kappa shape index (κ2) is 16.4. The van der Waals surface area contributed by atoms with Gasteiger partial charge in [-0.2, -0.15) is 0 Å². The summed E-state index contributed by atoms with van der Waals surface area (Å²) in [5.41, 5.74) is 18.3. The van der Waals surface area contributed by atoms with Gasteiger partial charge < -0.3 is 0 Å². The van der Waals surface area contributed by atoms with Crippen molar-refractivity contribution in [2.75, 3.05) is 0 Å². The third-order valence-corrected chi connectivity index (χ3v) is 30.8. The Hall–Kier alpha value is -1.96. The molecule has 3 aliphatic rings. The summed E-state index contributed by atoms with van der Waals surface area (Å²) in [6, 6.07) is 33.7. The average Bonchev–Trinajstić information content (AvgIpc) is 3.75. The number of benzene rings is 4. The van der Waals surface area contributed by atoms with Crippen LogP contribution in [0, 0.1) is 5.92 Å². The SMILES string of the molecule is CCC1=Cc2c(-c3ccc(C(C)CC)cc3)cccc2[CH]1[Zr]([CH3])([CH3])(=[SiH2])[CH]1C(C2CCCCC2)=Cc2c(-c3ccc(C(C)CC)cc3)cccc21.Cl.Cl. The van der Waals surface area contributed by atoms with E-state index in [1.54, 1.807) is 22.3 Å². The number of allylic oxidation sites excluding steroid dienone is 2. The molecule has 0 aromatic heterocycles. The Morgan fingerprint density at radius 1 is 0.615 bits per heavy atom. The molecule has 4 aromatic rings. The molecule has 0 nitrogen and oxygen atoms in total. The first-order valence-corrected chi connectivity index (χ1v) is 33.7. The van der Waals surface area contributed by atoms with Crippen LogP contribution >= 0.6 is 24.8 Å². The Labute approximate surface area is 330 Å². The molecule has 7 rings (SSSR count). The minimum atomic E-state index is -3.74. The van der Waals surface area contributed by atoms with E-state index in [9.17, 15) is 0 Å². The van der Waals surface area contributed by atoms with Gasteiger partial charge in [0.15, 0.2) is 0 Å². The van der Waals surface area contributed by atoms with Crippen LogP contribution in [0.15, 0.2) is 96.1 Å². The first-order valence-electron chi connectivity index (χ1n) is 20.0. The molecule has 4 heteroatoms. The minimum Gasteiger partial charge on any atom is -0.147 e. The van der Waals surface area contributed by atoms with E-state index in [1.807, 2.05) is 0 Å². The first-order chi connectivity index (χ1) is 24.0. The van der Waals surface area contributed by atoms with Crippen molar-refractivity contribution < 1.29 is 17.4 Å². The van der Waals surface area contributed by atoms with E-state index in [-0.39, 0.29) is 24.8 Å². The molecule has 0 aliphatic heterocycles. The Morgan fingerprint density at radius 3 is 1.54 bits per heavy atom. The maximum absolute atomic E-state index is 3.74. The van der Waals surface area contributed by atoms with E-state index in [0.29, 0.717) is 25.0 Å². The summed E-state index contributed by atoms with van der Waals surface area (Å²) >= 11 is -3.74. The van der Waals surface area contributed by atoms with Gasteiger partial charge in [-0.25, -0.2) is 0 Å². The number of hydrogen-bond acceptors (Lipinski definition) is 0. The van der Waals surface area contributed by atoms with Gasteiger partial charge >= 0.3 is 308 Å². The number of halogens is 2. The van der Waals surface area contributed by atoms with Crippen molar-refractivity contribution in [3.63, 3.8) is 0 Å². The van der Waals surface area contributed by atoms with Crippen molar-refractivity contribution in [2.45, 2.75) is 114 Å². The van der Waals surface area contributed by atoms with Crippen LogP contribution in [0.3, 0.4) is 0 Å². The molecule has 0 radical (unpaired) electrons. The molecule has 4 aromatic carbocycles. The summed E-state index contributed by atoms with van der Waals surface area (Å²) in [6.07, 6.45) is 15.7. The van der Waals surface area contributed by atoms with Crippen molar-refractivity contribution in [1.82, 2.24) is 0 Å². The summed E-state index contributed by atoms with van der Waals surface area (Å²) < 4.78 is 6.81. The molecular weight excluding hydrogens is 767 g/mol. The van der Waals surface area contributed by atoms with Gasteiger partial charge in [-0.1, -0.05) is 0 Å².